The lowest BCUT2D eigenvalue weighted by atomic mass is 10.2. The van der Waals surface area contributed by atoms with Gasteiger partial charge in [-0.05, 0) is 25.0 Å². The van der Waals surface area contributed by atoms with Gasteiger partial charge >= 0.3 is 11.8 Å². The van der Waals surface area contributed by atoms with E-state index in [9.17, 15) is 4.79 Å². The van der Waals surface area contributed by atoms with E-state index in [-0.39, 0.29) is 12.0 Å². The predicted octanol–water partition coefficient (Wildman–Crippen LogP) is 1.65. The molecule has 116 valence electrons. The Morgan fingerprint density at radius 1 is 1.50 bits per heavy atom. The number of methoxy groups -OCH3 is 1. The highest BCUT2D eigenvalue weighted by molar-refractivity contribution is 5.89. The van der Waals surface area contributed by atoms with Gasteiger partial charge in [-0.3, -0.25) is 4.79 Å². The van der Waals surface area contributed by atoms with Crippen LogP contribution in [0.15, 0.2) is 28.8 Å². The Bertz CT molecular complexity index is 650. The summed E-state index contributed by atoms with van der Waals surface area (Å²) in [6.07, 6.45) is 2.06. The van der Waals surface area contributed by atoms with Crippen LogP contribution in [0.1, 0.15) is 23.5 Å². The van der Waals surface area contributed by atoms with Gasteiger partial charge in [-0.15, -0.1) is 0 Å². The molecule has 1 saturated heterocycles. The molecular formula is C15H17N3O4. The second kappa shape index (κ2) is 6.57. The van der Waals surface area contributed by atoms with E-state index in [1.54, 1.807) is 13.2 Å². The molecule has 1 amide bonds. The Morgan fingerprint density at radius 2 is 2.41 bits per heavy atom. The van der Waals surface area contributed by atoms with Crippen molar-refractivity contribution in [3.05, 3.63) is 30.2 Å². The first kappa shape index (κ1) is 14.5. The summed E-state index contributed by atoms with van der Waals surface area (Å²) in [7, 11) is 1.58. The second-order valence-corrected chi connectivity index (χ2v) is 5.00. The van der Waals surface area contributed by atoms with E-state index < -0.39 is 5.91 Å². The number of carbonyl (C=O) groups excluding carboxylic acids is 1. The van der Waals surface area contributed by atoms with Crippen molar-refractivity contribution in [2.45, 2.75) is 18.9 Å². The predicted molar refractivity (Wildman–Crippen MR) is 77.6 cm³/mol. The molecule has 1 aliphatic heterocycles. The third-order valence-corrected chi connectivity index (χ3v) is 3.46. The Kier molecular flexibility index (Phi) is 4.34. The molecule has 2 aromatic rings. The number of nitrogens with zero attached hydrogens (tertiary/aromatic N) is 2. The van der Waals surface area contributed by atoms with Crippen molar-refractivity contribution >= 4 is 5.91 Å². The van der Waals surface area contributed by atoms with Gasteiger partial charge in [-0.2, -0.15) is 4.98 Å². The molecule has 1 atom stereocenters. The Labute approximate surface area is 127 Å². The second-order valence-electron chi connectivity index (χ2n) is 5.00. The summed E-state index contributed by atoms with van der Waals surface area (Å²) in [6, 6.07) is 7.24. The molecule has 1 aromatic carbocycles. The quantitative estimate of drug-likeness (QED) is 0.904. The molecule has 7 heteroatoms. The fourth-order valence-corrected chi connectivity index (χ4v) is 2.28. The average molecular weight is 303 g/mol. The van der Waals surface area contributed by atoms with Gasteiger partial charge in [-0.1, -0.05) is 17.3 Å². The summed E-state index contributed by atoms with van der Waals surface area (Å²) in [6.45, 7) is 1.21. The van der Waals surface area contributed by atoms with Gasteiger partial charge in [0.05, 0.1) is 13.2 Å². The number of ether oxygens (including phenoxy) is 2. The molecular weight excluding hydrogens is 286 g/mol. The molecule has 1 fully saturated rings. The van der Waals surface area contributed by atoms with Crippen molar-refractivity contribution in [2.75, 3.05) is 20.3 Å². The summed E-state index contributed by atoms with van der Waals surface area (Å²) >= 11 is 0. The maximum absolute atomic E-state index is 12.0. The van der Waals surface area contributed by atoms with Gasteiger partial charge < -0.3 is 19.3 Å². The van der Waals surface area contributed by atoms with Crippen LogP contribution in [0.5, 0.6) is 5.75 Å². The number of hydrogen-bond acceptors (Lipinski definition) is 6. The van der Waals surface area contributed by atoms with Crippen LogP contribution in [0.4, 0.5) is 0 Å². The number of hydrogen-bond donors (Lipinski definition) is 1. The lowest BCUT2D eigenvalue weighted by molar-refractivity contribution is 0.0822. The maximum atomic E-state index is 12.0. The first-order valence-corrected chi connectivity index (χ1v) is 7.14. The fourth-order valence-electron chi connectivity index (χ4n) is 2.28. The zero-order chi connectivity index (χ0) is 15.4. The normalized spacial score (nSPS) is 17.4. The van der Waals surface area contributed by atoms with Crippen LogP contribution in [-0.4, -0.2) is 42.4 Å². The highest BCUT2D eigenvalue weighted by atomic mass is 16.5. The van der Waals surface area contributed by atoms with Crippen LogP contribution in [0.2, 0.25) is 0 Å². The number of benzene rings is 1. The summed E-state index contributed by atoms with van der Waals surface area (Å²) in [5.41, 5.74) is 0.723. The molecule has 0 spiro atoms. The van der Waals surface area contributed by atoms with E-state index in [2.05, 4.69) is 15.5 Å². The zero-order valence-corrected chi connectivity index (χ0v) is 12.2. The standard InChI is InChI=1S/C15H17N3O4/c1-20-11-5-2-4-10(8-11)13-17-15(22-18-13)14(19)16-9-12-6-3-7-21-12/h2,4-5,8,12H,3,6-7,9H2,1H3,(H,16,19)/t12-/m1/s1. The fraction of sp³-hybridized carbons (Fsp3) is 0.400. The number of aromatic nitrogens is 2. The van der Waals surface area contributed by atoms with Crippen LogP contribution >= 0.6 is 0 Å². The van der Waals surface area contributed by atoms with Gasteiger partial charge in [0.25, 0.3) is 0 Å². The minimum absolute atomic E-state index is 0.0594. The number of amides is 1. The van der Waals surface area contributed by atoms with Crippen molar-refractivity contribution in [2.24, 2.45) is 0 Å². The van der Waals surface area contributed by atoms with Crippen molar-refractivity contribution in [1.29, 1.82) is 0 Å². The Morgan fingerprint density at radius 3 is 3.18 bits per heavy atom. The van der Waals surface area contributed by atoms with E-state index in [4.69, 9.17) is 14.0 Å². The number of rotatable bonds is 5. The largest absolute Gasteiger partial charge is 0.497 e. The first-order valence-electron chi connectivity index (χ1n) is 7.14. The van der Waals surface area contributed by atoms with Gasteiger partial charge in [0.15, 0.2) is 0 Å². The molecule has 1 aromatic heterocycles. The van der Waals surface area contributed by atoms with Crippen LogP contribution in [0, 0.1) is 0 Å². The molecule has 0 aliphatic carbocycles. The van der Waals surface area contributed by atoms with Gasteiger partial charge in [0, 0.05) is 18.7 Å². The summed E-state index contributed by atoms with van der Waals surface area (Å²) < 4.78 is 15.6. The molecule has 0 bridgehead atoms. The number of nitrogens with one attached hydrogen (secondary N) is 1. The monoisotopic (exact) mass is 303 g/mol. The Balaban J connectivity index is 1.65. The van der Waals surface area contributed by atoms with E-state index in [0.717, 1.165) is 25.0 Å². The molecule has 2 heterocycles. The summed E-state index contributed by atoms with van der Waals surface area (Å²) in [4.78, 5) is 16.1. The van der Waals surface area contributed by atoms with E-state index >= 15 is 0 Å². The van der Waals surface area contributed by atoms with Crippen molar-refractivity contribution in [3.63, 3.8) is 0 Å². The van der Waals surface area contributed by atoms with Crippen molar-refractivity contribution in [1.82, 2.24) is 15.5 Å². The first-order chi connectivity index (χ1) is 10.8. The molecule has 7 nitrogen and oxygen atoms in total. The Hall–Kier alpha value is -2.41. The lowest BCUT2D eigenvalue weighted by Gasteiger charge is -2.08. The maximum Gasteiger partial charge on any atom is 0.316 e. The van der Waals surface area contributed by atoms with Crippen molar-refractivity contribution < 1.29 is 18.8 Å². The SMILES string of the molecule is COc1cccc(-c2noc(C(=O)NC[C@H]3CCCO3)n2)c1. The average Bonchev–Trinajstić information content (AvgIpc) is 3.24. The third kappa shape index (κ3) is 3.25. The topological polar surface area (TPSA) is 86.5 Å². The molecule has 1 N–H and O–H groups in total. The van der Waals surface area contributed by atoms with Crippen LogP contribution < -0.4 is 10.1 Å². The van der Waals surface area contributed by atoms with E-state index in [0.29, 0.717) is 18.1 Å². The lowest BCUT2D eigenvalue weighted by Crippen LogP contribution is -2.31. The van der Waals surface area contributed by atoms with Crippen molar-refractivity contribution in [3.8, 4) is 17.1 Å². The third-order valence-electron chi connectivity index (χ3n) is 3.46. The zero-order valence-electron chi connectivity index (χ0n) is 12.2. The highest BCUT2D eigenvalue weighted by Gasteiger charge is 2.20. The summed E-state index contributed by atoms with van der Waals surface area (Å²) in [5.74, 6) is 0.584. The minimum atomic E-state index is -0.392. The van der Waals surface area contributed by atoms with Gasteiger partial charge in [0.1, 0.15) is 5.75 Å². The van der Waals surface area contributed by atoms with Gasteiger partial charge in [0.2, 0.25) is 5.82 Å². The molecule has 3 rings (SSSR count). The number of carbonyl (C=O) groups is 1. The summed E-state index contributed by atoms with van der Waals surface area (Å²) in [5, 5.41) is 6.57. The highest BCUT2D eigenvalue weighted by Crippen LogP contribution is 2.21. The van der Waals surface area contributed by atoms with Crippen LogP contribution in [0.25, 0.3) is 11.4 Å². The van der Waals surface area contributed by atoms with Crippen LogP contribution in [0.3, 0.4) is 0 Å². The van der Waals surface area contributed by atoms with Gasteiger partial charge in [-0.25, -0.2) is 0 Å². The molecule has 22 heavy (non-hydrogen) atoms. The smallest absolute Gasteiger partial charge is 0.316 e. The minimum Gasteiger partial charge on any atom is -0.497 e. The molecule has 1 aliphatic rings. The molecule has 0 saturated carbocycles. The van der Waals surface area contributed by atoms with Crippen LogP contribution in [-0.2, 0) is 4.74 Å². The molecule has 0 unspecified atom stereocenters. The molecule has 0 radical (unpaired) electrons. The van der Waals surface area contributed by atoms with E-state index in [1.165, 1.54) is 0 Å². The van der Waals surface area contributed by atoms with E-state index in [1.807, 2.05) is 18.2 Å².